The number of amides is 1. The van der Waals surface area contributed by atoms with Crippen molar-refractivity contribution in [2.75, 3.05) is 19.0 Å². The Morgan fingerprint density at radius 2 is 2.32 bits per heavy atom. The molecule has 0 radical (unpaired) electrons. The molecule has 1 aromatic carbocycles. The van der Waals surface area contributed by atoms with E-state index >= 15 is 0 Å². The molecule has 2 unspecified atom stereocenters. The lowest BCUT2D eigenvalue weighted by Gasteiger charge is -2.27. The van der Waals surface area contributed by atoms with Crippen LogP contribution in [0.2, 0.25) is 0 Å². The number of piperidine rings is 1. The molecule has 1 aromatic rings. The van der Waals surface area contributed by atoms with Gasteiger partial charge >= 0.3 is 0 Å². The number of nitrogens with one attached hydrogen (secondary N) is 2. The monoisotopic (exact) mass is 266 g/mol. The molecule has 0 saturated carbocycles. The van der Waals surface area contributed by atoms with E-state index in [1.807, 2.05) is 0 Å². The molecule has 0 aromatic heterocycles. The zero-order valence-corrected chi connectivity index (χ0v) is 11.2. The van der Waals surface area contributed by atoms with Gasteiger partial charge in [-0.05, 0) is 37.4 Å². The summed E-state index contributed by atoms with van der Waals surface area (Å²) in [6.45, 7) is 2.94. The minimum atomic E-state index is -0.460. The molecule has 1 aliphatic rings. The van der Waals surface area contributed by atoms with Crippen molar-refractivity contribution in [2.45, 2.75) is 25.8 Å². The van der Waals surface area contributed by atoms with Crippen LogP contribution in [0.15, 0.2) is 18.2 Å². The summed E-state index contributed by atoms with van der Waals surface area (Å²) in [6, 6.07) is 4.03. The van der Waals surface area contributed by atoms with E-state index < -0.39 is 5.82 Å². The number of hydrogen-bond donors (Lipinski definition) is 2. The van der Waals surface area contributed by atoms with Gasteiger partial charge in [0, 0.05) is 6.07 Å². The molecule has 1 heterocycles. The fourth-order valence-electron chi connectivity index (χ4n) is 2.25. The highest BCUT2D eigenvalue weighted by Crippen LogP contribution is 2.22. The molecular weight excluding hydrogens is 247 g/mol. The van der Waals surface area contributed by atoms with Crippen molar-refractivity contribution in [3.05, 3.63) is 24.0 Å². The van der Waals surface area contributed by atoms with Crippen molar-refractivity contribution >= 4 is 11.6 Å². The standard InChI is InChI=1S/C14H19FN2O2/c1-9-5-6-16-13(7-9)14(18)17-12-8-10(19-2)3-4-11(12)15/h3-4,8-9,13,16H,5-7H2,1-2H3,(H,17,18). The summed E-state index contributed by atoms with van der Waals surface area (Å²) in [7, 11) is 1.50. The van der Waals surface area contributed by atoms with E-state index in [1.54, 1.807) is 0 Å². The second kappa shape index (κ2) is 6.02. The third kappa shape index (κ3) is 3.44. The van der Waals surface area contributed by atoms with E-state index in [0.717, 1.165) is 19.4 Å². The molecule has 4 nitrogen and oxygen atoms in total. The van der Waals surface area contributed by atoms with E-state index in [0.29, 0.717) is 11.7 Å². The molecule has 2 atom stereocenters. The van der Waals surface area contributed by atoms with Crippen LogP contribution in [0.25, 0.3) is 0 Å². The third-order valence-corrected chi connectivity index (χ3v) is 3.41. The second-order valence-electron chi connectivity index (χ2n) is 4.97. The molecule has 0 aliphatic carbocycles. The Morgan fingerprint density at radius 3 is 3.00 bits per heavy atom. The molecule has 1 amide bonds. The molecule has 19 heavy (non-hydrogen) atoms. The fourth-order valence-corrected chi connectivity index (χ4v) is 2.25. The Bertz CT molecular complexity index is 465. The van der Waals surface area contributed by atoms with Crippen molar-refractivity contribution in [1.29, 1.82) is 0 Å². The van der Waals surface area contributed by atoms with Gasteiger partial charge in [-0.25, -0.2) is 4.39 Å². The first kappa shape index (κ1) is 13.8. The number of anilines is 1. The van der Waals surface area contributed by atoms with Crippen LogP contribution in [0.5, 0.6) is 5.75 Å². The van der Waals surface area contributed by atoms with Crippen molar-refractivity contribution in [3.8, 4) is 5.75 Å². The average molecular weight is 266 g/mol. The zero-order chi connectivity index (χ0) is 13.8. The lowest BCUT2D eigenvalue weighted by molar-refractivity contribution is -0.119. The minimum Gasteiger partial charge on any atom is -0.497 e. The van der Waals surface area contributed by atoms with E-state index in [9.17, 15) is 9.18 Å². The number of ether oxygens (including phenoxy) is 1. The highest BCUT2D eigenvalue weighted by atomic mass is 19.1. The lowest BCUT2D eigenvalue weighted by atomic mass is 9.94. The summed E-state index contributed by atoms with van der Waals surface area (Å²) in [6.07, 6.45) is 1.84. The van der Waals surface area contributed by atoms with Crippen LogP contribution in [0.4, 0.5) is 10.1 Å². The van der Waals surface area contributed by atoms with Crippen LogP contribution in [0.3, 0.4) is 0 Å². The molecule has 2 N–H and O–H groups in total. The maximum absolute atomic E-state index is 13.6. The summed E-state index contributed by atoms with van der Waals surface area (Å²) >= 11 is 0. The van der Waals surface area contributed by atoms with Gasteiger partial charge < -0.3 is 15.4 Å². The maximum Gasteiger partial charge on any atom is 0.241 e. The van der Waals surface area contributed by atoms with Crippen molar-refractivity contribution in [3.63, 3.8) is 0 Å². The van der Waals surface area contributed by atoms with Gasteiger partial charge in [-0.15, -0.1) is 0 Å². The Labute approximate surface area is 112 Å². The van der Waals surface area contributed by atoms with Gasteiger partial charge in [0.05, 0.1) is 18.8 Å². The van der Waals surface area contributed by atoms with Crippen molar-refractivity contribution < 1.29 is 13.9 Å². The van der Waals surface area contributed by atoms with Crippen molar-refractivity contribution in [2.24, 2.45) is 5.92 Å². The van der Waals surface area contributed by atoms with E-state index in [1.165, 1.54) is 25.3 Å². The van der Waals surface area contributed by atoms with E-state index in [2.05, 4.69) is 17.6 Å². The molecule has 0 spiro atoms. The van der Waals surface area contributed by atoms with Crippen LogP contribution in [-0.2, 0) is 4.79 Å². The largest absolute Gasteiger partial charge is 0.497 e. The molecule has 1 saturated heterocycles. The molecular formula is C14H19FN2O2. The summed E-state index contributed by atoms with van der Waals surface area (Å²) in [5.41, 5.74) is 0.157. The number of carbonyl (C=O) groups excluding carboxylic acids is 1. The van der Waals surface area contributed by atoms with E-state index in [-0.39, 0.29) is 17.6 Å². The first-order valence-corrected chi connectivity index (χ1v) is 6.48. The van der Waals surface area contributed by atoms with Crippen LogP contribution in [0.1, 0.15) is 19.8 Å². The molecule has 0 bridgehead atoms. The summed E-state index contributed by atoms with van der Waals surface area (Å²) in [4.78, 5) is 12.1. The van der Waals surface area contributed by atoms with Gasteiger partial charge in [0.25, 0.3) is 0 Å². The smallest absolute Gasteiger partial charge is 0.241 e. The predicted octanol–water partition coefficient (Wildman–Crippen LogP) is 2.16. The number of benzene rings is 1. The van der Waals surface area contributed by atoms with Crippen LogP contribution in [0, 0.1) is 11.7 Å². The van der Waals surface area contributed by atoms with Gasteiger partial charge in [0.2, 0.25) is 5.91 Å². The number of rotatable bonds is 3. The minimum absolute atomic E-state index is 0.157. The van der Waals surface area contributed by atoms with Crippen LogP contribution >= 0.6 is 0 Å². The number of halogens is 1. The number of methoxy groups -OCH3 is 1. The molecule has 2 rings (SSSR count). The summed E-state index contributed by atoms with van der Waals surface area (Å²) < 4.78 is 18.6. The molecule has 1 aliphatic heterocycles. The summed E-state index contributed by atoms with van der Waals surface area (Å²) in [5, 5.41) is 5.77. The molecule has 5 heteroatoms. The molecule has 104 valence electrons. The molecule has 1 fully saturated rings. The summed E-state index contributed by atoms with van der Waals surface area (Å²) in [5.74, 6) is 0.366. The number of hydrogen-bond acceptors (Lipinski definition) is 3. The van der Waals surface area contributed by atoms with Gasteiger partial charge in [0.1, 0.15) is 11.6 Å². The van der Waals surface area contributed by atoms with Gasteiger partial charge in [-0.1, -0.05) is 6.92 Å². The quantitative estimate of drug-likeness (QED) is 0.881. The number of carbonyl (C=O) groups is 1. The van der Waals surface area contributed by atoms with Gasteiger partial charge in [0.15, 0.2) is 0 Å². The maximum atomic E-state index is 13.6. The highest BCUT2D eigenvalue weighted by molar-refractivity contribution is 5.95. The van der Waals surface area contributed by atoms with Crippen molar-refractivity contribution in [1.82, 2.24) is 5.32 Å². The predicted molar refractivity (Wildman–Crippen MR) is 71.8 cm³/mol. The highest BCUT2D eigenvalue weighted by Gasteiger charge is 2.25. The topological polar surface area (TPSA) is 50.4 Å². The van der Waals surface area contributed by atoms with Crippen LogP contribution in [-0.4, -0.2) is 25.6 Å². The second-order valence-corrected chi connectivity index (χ2v) is 4.97. The lowest BCUT2D eigenvalue weighted by Crippen LogP contribution is -2.45. The fraction of sp³-hybridized carbons (Fsp3) is 0.500. The normalized spacial score (nSPS) is 22.9. The van der Waals surface area contributed by atoms with Gasteiger partial charge in [-0.2, -0.15) is 0 Å². The Hall–Kier alpha value is -1.62. The first-order valence-electron chi connectivity index (χ1n) is 6.48. The Kier molecular flexibility index (Phi) is 4.37. The Balaban J connectivity index is 2.05. The first-order chi connectivity index (χ1) is 9.10. The average Bonchev–Trinajstić information content (AvgIpc) is 2.41. The van der Waals surface area contributed by atoms with E-state index in [4.69, 9.17) is 4.74 Å². The third-order valence-electron chi connectivity index (χ3n) is 3.41. The SMILES string of the molecule is COc1ccc(F)c(NC(=O)C2CC(C)CCN2)c1. The van der Waals surface area contributed by atoms with Gasteiger partial charge in [-0.3, -0.25) is 4.79 Å². The van der Waals surface area contributed by atoms with Crippen LogP contribution < -0.4 is 15.4 Å². The zero-order valence-electron chi connectivity index (χ0n) is 11.2. The Morgan fingerprint density at radius 1 is 1.53 bits per heavy atom.